The van der Waals surface area contributed by atoms with E-state index in [1.54, 1.807) is 7.11 Å². The molecule has 0 amide bonds. The molecule has 0 aliphatic carbocycles. The van der Waals surface area contributed by atoms with Crippen molar-refractivity contribution < 1.29 is 14.2 Å². The first-order valence-electron chi connectivity index (χ1n) is 6.87. The first kappa shape index (κ1) is 15.9. The van der Waals surface area contributed by atoms with Gasteiger partial charge in [0.05, 0.1) is 6.61 Å². The van der Waals surface area contributed by atoms with Gasteiger partial charge in [0.25, 0.3) is 0 Å². The Bertz CT molecular complexity index is 543. The van der Waals surface area contributed by atoms with Crippen LogP contribution in [0.25, 0.3) is 0 Å². The molecule has 2 rings (SSSR count). The number of halogens is 1. The summed E-state index contributed by atoms with van der Waals surface area (Å²) in [4.78, 5) is 0. The molecule has 0 aliphatic heterocycles. The molecule has 0 N–H and O–H groups in total. The number of rotatable bonds is 8. The van der Waals surface area contributed by atoms with Gasteiger partial charge in [-0.15, -0.1) is 0 Å². The number of hydrogen-bond donors (Lipinski definition) is 0. The lowest BCUT2D eigenvalue weighted by molar-refractivity contribution is 0.169. The summed E-state index contributed by atoms with van der Waals surface area (Å²) in [5.74, 6) is 1.50. The highest BCUT2D eigenvalue weighted by molar-refractivity contribution is 9.10. The standard InChI is InChI=1S/C17H19BrO3/c1-19-10-5-11-20-16-9-8-15(18)12-17(16)21-13-14-6-3-2-4-7-14/h2-4,6-9,12H,5,10-11,13H2,1H3. The Morgan fingerprint density at radius 2 is 1.71 bits per heavy atom. The second-order valence-corrected chi connectivity index (χ2v) is 5.48. The molecule has 21 heavy (non-hydrogen) atoms. The van der Waals surface area contributed by atoms with Gasteiger partial charge in [0.1, 0.15) is 6.61 Å². The zero-order valence-electron chi connectivity index (χ0n) is 12.0. The van der Waals surface area contributed by atoms with Crippen molar-refractivity contribution in [1.82, 2.24) is 0 Å². The van der Waals surface area contributed by atoms with Gasteiger partial charge < -0.3 is 14.2 Å². The van der Waals surface area contributed by atoms with E-state index in [1.807, 2.05) is 48.5 Å². The summed E-state index contributed by atoms with van der Waals surface area (Å²) in [6.45, 7) is 1.82. The van der Waals surface area contributed by atoms with Crippen LogP contribution in [0.2, 0.25) is 0 Å². The quantitative estimate of drug-likeness (QED) is 0.658. The second kappa shape index (κ2) is 8.70. The predicted octanol–water partition coefficient (Wildman–Crippen LogP) is 4.44. The molecule has 0 spiro atoms. The van der Waals surface area contributed by atoms with E-state index in [2.05, 4.69) is 15.9 Å². The highest BCUT2D eigenvalue weighted by atomic mass is 79.9. The van der Waals surface area contributed by atoms with Crippen LogP contribution in [0.3, 0.4) is 0 Å². The van der Waals surface area contributed by atoms with E-state index in [-0.39, 0.29) is 0 Å². The van der Waals surface area contributed by atoms with Crippen LogP contribution in [0.15, 0.2) is 53.0 Å². The maximum Gasteiger partial charge on any atom is 0.162 e. The van der Waals surface area contributed by atoms with Crippen molar-refractivity contribution in [2.45, 2.75) is 13.0 Å². The van der Waals surface area contributed by atoms with E-state index in [1.165, 1.54) is 0 Å². The third-order valence-corrected chi connectivity index (χ3v) is 3.39. The SMILES string of the molecule is COCCCOc1ccc(Br)cc1OCc1ccccc1. The monoisotopic (exact) mass is 350 g/mol. The van der Waals surface area contributed by atoms with E-state index in [0.29, 0.717) is 19.8 Å². The molecule has 0 aliphatic rings. The fourth-order valence-corrected chi connectivity index (χ4v) is 2.17. The van der Waals surface area contributed by atoms with Gasteiger partial charge in [-0.25, -0.2) is 0 Å². The molecule has 3 nitrogen and oxygen atoms in total. The molecule has 0 atom stereocenters. The Labute approximate surface area is 134 Å². The topological polar surface area (TPSA) is 27.7 Å². The fraction of sp³-hybridized carbons (Fsp3) is 0.294. The van der Waals surface area contributed by atoms with Gasteiger partial charge in [-0.05, 0) is 23.8 Å². The van der Waals surface area contributed by atoms with Crippen LogP contribution < -0.4 is 9.47 Å². The average Bonchev–Trinajstić information content (AvgIpc) is 2.52. The average molecular weight is 351 g/mol. The molecule has 0 radical (unpaired) electrons. The fourth-order valence-electron chi connectivity index (χ4n) is 1.83. The molecule has 0 saturated heterocycles. The minimum absolute atomic E-state index is 0.520. The van der Waals surface area contributed by atoms with Crippen LogP contribution in [0.5, 0.6) is 11.5 Å². The maximum atomic E-state index is 5.87. The molecular formula is C17H19BrO3. The van der Waals surface area contributed by atoms with Gasteiger partial charge in [0.2, 0.25) is 0 Å². The van der Waals surface area contributed by atoms with E-state index in [9.17, 15) is 0 Å². The van der Waals surface area contributed by atoms with Crippen LogP contribution in [-0.4, -0.2) is 20.3 Å². The molecule has 112 valence electrons. The van der Waals surface area contributed by atoms with Crippen molar-refractivity contribution in [2.75, 3.05) is 20.3 Å². The molecule has 0 fully saturated rings. The van der Waals surface area contributed by atoms with E-state index < -0.39 is 0 Å². The lowest BCUT2D eigenvalue weighted by Crippen LogP contribution is -2.03. The van der Waals surface area contributed by atoms with Gasteiger partial charge in [-0.2, -0.15) is 0 Å². The lowest BCUT2D eigenvalue weighted by Gasteiger charge is -2.13. The van der Waals surface area contributed by atoms with Crippen molar-refractivity contribution in [1.29, 1.82) is 0 Å². The number of benzene rings is 2. The lowest BCUT2D eigenvalue weighted by atomic mass is 10.2. The van der Waals surface area contributed by atoms with Crippen molar-refractivity contribution in [3.63, 3.8) is 0 Å². The third-order valence-electron chi connectivity index (χ3n) is 2.89. The number of hydrogen-bond acceptors (Lipinski definition) is 3. The molecule has 0 saturated carbocycles. The molecular weight excluding hydrogens is 332 g/mol. The van der Waals surface area contributed by atoms with E-state index in [0.717, 1.165) is 28.0 Å². The van der Waals surface area contributed by atoms with Gasteiger partial charge >= 0.3 is 0 Å². The minimum atomic E-state index is 0.520. The van der Waals surface area contributed by atoms with E-state index >= 15 is 0 Å². The number of methoxy groups -OCH3 is 1. The van der Waals surface area contributed by atoms with Crippen LogP contribution >= 0.6 is 15.9 Å². The number of ether oxygens (including phenoxy) is 3. The molecule has 0 heterocycles. The Morgan fingerprint density at radius 3 is 2.48 bits per heavy atom. The van der Waals surface area contributed by atoms with Gasteiger partial charge in [-0.1, -0.05) is 46.3 Å². The largest absolute Gasteiger partial charge is 0.490 e. The van der Waals surface area contributed by atoms with E-state index in [4.69, 9.17) is 14.2 Å². The summed E-state index contributed by atoms with van der Waals surface area (Å²) < 4.78 is 17.6. The van der Waals surface area contributed by atoms with Crippen LogP contribution in [0.4, 0.5) is 0 Å². The van der Waals surface area contributed by atoms with Crippen molar-refractivity contribution in [3.8, 4) is 11.5 Å². The third kappa shape index (κ3) is 5.40. The summed E-state index contributed by atoms with van der Waals surface area (Å²) in [6.07, 6.45) is 0.852. The maximum absolute atomic E-state index is 5.87. The molecule has 0 unspecified atom stereocenters. The first-order chi connectivity index (χ1) is 10.3. The summed E-state index contributed by atoms with van der Waals surface area (Å²) in [6, 6.07) is 15.9. The molecule has 2 aromatic rings. The second-order valence-electron chi connectivity index (χ2n) is 4.56. The van der Waals surface area contributed by atoms with Crippen LogP contribution in [0, 0.1) is 0 Å². The minimum Gasteiger partial charge on any atom is -0.490 e. The highest BCUT2D eigenvalue weighted by Gasteiger charge is 2.06. The molecule has 0 aromatic heterocycles. The van der Waals surface area contributed by atoms with Gasteiger partial charge in [0.15, 0.2) is 11.5 Å². The predicted molar refractivity (Wildman–Crippen MR) is 86.9 cm³/mol. The molecule has 0 bridgehead atoms. The normalized spacial score (nSPS) is 10.4. The van der Waals surface area contributed by atoms with Gasteiger partial charge in [0, 0.05) is 24.6 Å². The van der Waals surface area contributed by atoms with Crippen molar-refractivity contribution in [3.05, 3.63) is 58.6 Å². The Hall–Kier alpha value is -1.52. The van der Waals surface area contributed by atoms with Crippen molar-refractivity contribution in [2.24, 2.45) is 0 Å². The molecule has 4 heteroatoms. The first-order valence-corrected chi connectivity index (χ1v) is 7.67. The highest BCUT2D eigenvalue weighted by Crippen LogP contribution is 2.31. The van der Waals surface area contributed by atoms with Crippen LogP contribution in [-0.2, 0) is 11.3 Å². The summed E-state index contributed by atoms with van der Waals surface area (Å²) in [7, 11) is 1.69. The Kier molecular flexibility index (Phi) is 6.57. The zero-order valence-corrected chi connectivity index (χ0v) is 13.6. The summed E-state index contributed by atoms with van der Waals surface area (Å²) in [5.41, 5.74) is 1.13. The summed E-state index contributed by atoms with van der Waals surface area (Å²) >= 11 is 3.46. The summed E-state index contributed by atoms with van der Waals surface area (Å²) in [5, 5.41) is 0. The smallest absolute Gasteiger partial charge is 0.162 e. The van der Waals surface area contributed by atoms with Gasteiger partial charge in [-0.3, -0.25) is 0 Å². The van der Waals surface area contributed by atoms with Crippen LogP contribution in [0.1, 0.15) is 12.0 Å². The Balaban J connectivity index is 1.97. The molecule has 2 aromatic carbocycles. The zero-order chi connectivity index (χ0) is 14.9. The van der Waals surface area contributed by atoms with Crippen molar-refractivity contribution >= 4 is 15.9 Å². The Morgan fingerprint density at radius 1 is 0.905 bits per heavy atom.